The lowest BCUT2D eigenvalue weighted by atomic mass is 10.1. The van der Waals surface area contributed by atoms with Gasteiger partial charge in [0.25, 0.3) is 0 Å². The number of piperidine rings is 1. The topological polar surface area (TPSA) is 38.1 Å². The van der Waals surface area contributed by atoms with Crippen molar-refractivity contribution in [2.24, 2.45) is 0 Å². The van der Waals surface area contributed by atoms with Crippen LogP contribution in [0.4, 0.5) is 0 Å². The van der Waals surface area contributed by atoms with Crippen molar-refractivity contribution in [1.82, 2.24) is 14.5 Å². The Labute approximate surface area is 137 Å². The molecule has 1 fully saturated rings. The fraction of sp³-hybridized carbons (Fsp3) is 0.467. The van der Waals surface area contributed by atoms with E-state index in [2.05, 4.69) is 20.9 Å². The summed E-state index contributed by atoms with van der Waals surface area (Å²) in [5.41, 5.74) is 1.82. The lowest BCUT2D eigenvalue weighted by Crippen LogP contribution is -2.38. The number of amides is 1. The van der Waals surface area contributed by atoms with E-state index >= 15 is 0 Å². The summed E-state index contributed by atoms with van der Waals surface area (Å²) < 4.78 is 2.91. The van der Waals surface area contributed by atoms with Gasteiger partial charge in [-0.05, 0) is 37.5 Å². The summed E-state index contributed by atoms with van der Waals surface area (Å²) in [6.07, 6.45) is 3.43. The minimum Gasteiger partial charge on any atom is -0.341 e. The van der Waals surface area contributed by atoms with Crippen molar-refractivity contribution in [1.29, 1.82) is 0 Å². The lowest BCUT2D eigenvalue weighted by Gasteiger charge is -2.27. The van der Waals surface area contributed by atoms with E-state index in [4.69, 9.17) is 11.6 Å². The molecule has 2 heterocycles. The van der Waals surface area contributed by atoms with Gasteiger partial charge in [-0.2, -0.15) is 0 Å². The van der Waals surface area contributed by atoms with Crippen molar-refractivity contribution >= 4 is 44.5 Å². The lowest BCUT2D eigenvalue weighted by molar-refractivity contribution is -0.132. The van der Waals surface area contributed by atoms with Crippen molar-refractivity contribution in [2.45, 2.75) is 31.7 Å². The smallest absolute Gasteiger partial charge is 0.242 e. The zero-order chi connectivity index (χ0) is 14.8. The highest BCUT2D eigenvalue weighted by Crippen LogP contribution is 2.22. The Morgan fingerprint density at radius 2 is 2.05 bits per heavy atom. The number of hydrogen-bond acceptors (Lipinski definition) is 2. The molecule has 1 saturated heterocycles. The Balaban J connectivity index is 1.89. The van der Waals surface area contributed by atoms with Crippen molar-refractivity contribution in [3.8, 4) is 0 Å². The van der Waals surface area contributed by atoms with Gasteiger partial charge in [0, 0.05) is 17.6 Å². The Hall–Kier alpha value is -1.07. The third-order valence-corrected chi connectivity index (χ3v) is 4.64. The SMILES string of the molecule is O=C(Cn1c(CCl)nc2cc(Br)ccc21)N1CCCCC1. The van der Waals surface area contributed by atoms with Crippen LogP contribution in [0, 0.1) is 0 Å². The Bertz CT molecular complexity index is 664. The van der Waals surface area contributed by atoms with Gasteiger partial charge in [0.2, 0.25) is 5.91 Å². The van der Waals surface area contributed by atoms with Crippen LogP contribution < -0.4 is 0 Å². The number of carbonyl (C=O) groups excluding carboxylic acids is 1. The van der Waals surface area contributed by atoms with Crippen molar-refractivity contribution in [2.75, 3.05) is 13.1 Å². The second kappa shape index (κ2) is 6.36. The number of nitrogens with zero attached hydrogens (tertiary/aromatic N) is 3. The normalized spacial score (nSPS) is 15.6. The van der Waals surface area contributed by atoms with Gasteiger partial charge in [0.15, 0.2) is 0 Å². The van der Waals surface area contributed by atoms with Gasteiger partial charge in [0.1, 0.15) is 12.4 Å². The summed E-state index contributed by atoms with van der Waals surface area (Å²) in [7, 11) is 0. The molecule has 112 valence electrons. The fourth-order valence-corrected chi connectivity index (χ4v) is 3.36. The molecule has 0 bridgehead atoms. The van der Waals surface area contributed by atoms with Gasteiger partial charge in [0.05, 0.1) is 16.9 Å². The second-order valence-electron chi connectivity index (χ2n) is 5.32. The number of benzene rings is 1. The highest BCUT2D eigenvalue weighted by atomic mass is 79.9. The van der Waals surface area contributed by atoms with Crippen LogP contribution in [-0.4, -0.2) is 33.4 Å². The van der Waals surface area contributed by atoms with E-state index in [1.54, 1.807) is 0 Å². The molecule has 1 amide bonds. The largest absolute Gasteiger partial charge is 0.341 e. The number of aromatic nitrogens is 2. The first-order valence-electron chi connectivity index (χ1n) is 7.17. The van der Waals surface area contributed by atoms with Gasteiger partial charge in [-0.25, -0.2) is 4.98 Å². The molecule has 1 aliphatic rings. The predicted molar refractivity (Wildman–Crippen MR) is 87.4 cm³/mol. The van der Waals surface area contributed by atoms with E-state index in [1.807, 2.05) is 27.7 Å². The number of hydrogen-bond donors (Lipinski definition) is 0. The van der Waals surface area contributed by atoms with Crippen LogP contribution in [0.5, 0.6) is 0 Å². The van der Waals surface area contributed by atoms with Crippen LogP contribution in [0.15, 0.2) is 22.7 Å². The molecular formula is C15H17BrClN3O. The predicted octanol–water partition coefficient (Wildman–Crippen LogP) is 3.55. The van der Waals surface area contributed by atoms with Gasteiger partial charge in [-0.15, -0.1) is 11.6 Å². The summed E-state index contributed by atoms with van der Waals surface area (Å²) in [5, 5.41) is 0. The van der Waals surface area contributed by atoms with Crippen LogP contribution >= 0.6 is 27.5 Å². The van der Waals surface area contributed by atoms with E-state index in [0.29, 0.717) is 12.4 Å². The maximum atomic E-state index is 12.5. The third-order valence-electron chi connectivity index (χ3n) is 3.91. The summed E-state index contributed by atoms with van der Waals surface area (Å²) in [6, 6.07) is 5.89. The fourth-order valence-electron chi connectivity index (χ4n) is 2.81. The van der Waals surface area contributed by atoms with Gasteiger partial charge >= 0.3 is 0 Å². The number of halogens is 2. The van der Waals surface area contributed by atoms with Crippen molar-refractivity contribution in [3.63, 3.8) is 0 Å². The molecule has 6 heteroatoms. The van der Waals surface area contributed by atoms with Gasteiger partial charge in [-0.1, -0.05) is 15.9 Å². The van der Waals surface area contributed by atoms with Crippen LogP contribution in [-0.2, 0) is 17.2 Å². The molecule has 3 rings (SSSR count). The van der Waals surface area contributed by atoms with Crippen LogP contribution in [0.1, 0.15) is 25.1 Å². The van der Waals surface area contributed by atoms with Crippen LogP contribution in [0.2, 0.25) is 0 Å². The number of alkyl halides is 1. The average molecular weight is 371 g/mol. The minimum atomic E-state index is 0.156. The number of fused-ring (bicyclic) bond motifs is 1. The zero-order valence-corrected chi connectivity index (χ0v) is 14.0. The second-order valence-corrected chi connectivity index (χ2v) is 6.51. The minimum absolute atomic E-state index is 0.156. The molecule has 0 aliphatic carbocycles. The summed E-state index contributed by atoms with van der Waals surface area (Å²) in [6.45, 7) is 2.06. The maximum absolute atomic E-state index is 12.5. The standard InChI is InChI=1S/C15H17BrClN3O/c16-11-4-5-13-12(8-11)18-14(9-17)20(13)10-15(21)19-6-2-1-3-7-19/h4-5,8H,1-3,6-7,9-10H2. The monoisotopic (exact) mass is 369 g/mol. The van der Waals surface area contributed by atoms with Crippen LogP contribution in [0.25, 0.3) is 11.0 Å². The molecule has 0 atom stereocenters. The third kappa shape index (κ3) is 3.09. The first-order chi connectivity index (χ1) is 10.2. The maximum Gasteiger partial charge on any atom is 0.242 e. The zero-order valence-electron chi connectivity index (χ0n) is 11.7. The Morgan fingerprint density at radius 1 is 1.29 bits per heavy atom. The first-order valence-corrected chi connectivity index (χ1v) is 8.50. The highest BCUT2D eigenvalue weighted by Gasteiger charge is 2.19. The molecule has 0 radical (unpaired) electrons. The number of imidazole rings is 1. The number of likely N-dealkylation sites (tertiary alicyclic amines) is 1. The summed E-state index contributed by atoms with van der Waals surface area (Å²) >= 11 is 9.44. The molecule has 2 aromatic rings. The molecule has 21 heavy (non-hydrogen) atoms. The van der Waals surface area contributed by atoms with E-state index in [1.165, 1.54) is 6.42 Å². The summed E-state index contributed by atoms with van der Waals surface area (Å²) in [5.74, 6) is 1.21. The van der Waals surface area contributed by atoms with Crippen LogP contribution in [0.3, 0.4) is 0 Å². The van der Waals surface area contributed by atoms with E-state index in [9.17, 15) is 4.79 Å². The average Bonchev–Trinajstić information content (AvgIpc) is 2.85. The first kappa shape index (κ1) is 14.9. The molecule has 4 nitrogen and oxygen atoms in total. The number of carbonyl (C=O) groups is 1. The van der Waals surface area contributed by atoms with E-state index in [-0.39, 0.29) is 5.91 Å². The van der Waals surface area contributed by atoms with E-state index < -0.39 is 0 Å². The summed E-state index contributed by atoms with van der Waals surface area (Å²) in [4.78, 5) is 18.9. The molecule has 0 saturated carbocycles. The van der Waals surface area contributed by atoms with Crippen molar-refractivity contribution < 1.29 is 4.79 Å². The Kier molecular flexibility index (Phi) is 4.50. The molecule has 0 unspecified atom stereocenters. The van der Waals surface area contributed by atoms with E-state index in [0.717, 1.165) is 47.3 Å². The molecular weight excluding hydrogens is 354 g/mol. The molecule has 1 aliphatic heterocycles. The molecule has 1 aromatic carbocycles. The Morgan fingerprint density at radius 3 is 2.76 bits per heavy atom. The molecule has 0 spiro atoms. The van der Waals surface area contributed by atoms with Crippen molar-refractivity contribution in [3.05, 3.63) is 28.5 Å². The molecule has 0 N–H and O–H groups in total. The highest BCUT2D eigenvalue weighted by molar-refractivity contribution is 9.10. The molecule has 1 aromatic heterocycles. The van der Waals surface area contributed by atoms with Gasteiger partial charge in [-0.3, -0.25) is 4.79 Å². The number of rotatable bonds is 3. The van der Waals surface area contributed by atoms with Gasteiger partial charge < -0.3 is 9.47 Å². The quantitative estimate of drug-likeness (QED) is 0.775.